The lowest BCUT2D eigenvalue weighted by atomic mass is 10.1. The number of phenolic OH excluding ortho intramolecular Hbond substituents is 1. The van der Waals surface area contributed by atoms with Crippen molar-refractivity contribution in [3.05, 3.63) is 29.8 Å². The Labute approximate surface area is 66.0 Å². The zero-order valence-corrected chi connectivity index (χ0v) is 6.41. The predicted octanol–water partition coefficient (Wildman–Crippen LogP) is 2.01. The molecule has 0 aromatic heterocycles. The van der Waals surface area contributed by atoms with E-state index in [-0.39, 0.29) is 5.75 Å². The maximum absolute atomic E-state index is 9.17. The molecule has 0 fully saturated rings. The average molecular weight is 149 g/mol. The maximum Gasteiger partial charge on any atom is 0.139 e. The smallest absolute Gasteiger partial charge is 0.139 e. The molecule has 58 valence electrons. The Balaban J connectivity index is 3.16. The Kier molecular flexibility index (Phi) is 2.16. The molecule has 0 aliphatic carbocycles. The first-order valence-corrected chi connectivity index (χ1v) is 3.46. The number of phenols is 1. The van der Waals surface area contributed by atoms with Crippen LogP contribution < -0.4 is 5.73 Å². The fraction of sp³-hybridized carbons (Fsp3) is 0.111. The first-order chi connectivity index (χ1) is 5.25. The summed E-state index contributed by atoms with van der Waals surface area (Å²) in [6.45, 7) is 1.91. The van der Waals surface area contributed by atoms with Gasteiger partial charge in [-0.15, -0.1) is 0 Å². The topological polar surface area (TPSA) is 46.2 Å². The molecule has 3 N–H and O–H groups in total. The van der Waals surface area contributed by atoms with E-state index in [1.807, 2.05) is 25.1 Å². The van der Waals surface area contributed by atoms with Crippen LogP contribution in [0.3, 0.4) is 0 Å². The third-order valence-electron chi connectivity index (χ3n) is 1.46. The number of rotatable bonds is 1. The second-order valence-corrected chi connectivity index (χ2v) is 2.28. The van der Waals surface area contributed by atoms with Gasteiger partial charge in [-0.05, 0) is 13.0 Å². The van der Waals surface area contributed by atoms with Gasteiger partial charge in [0.2, 0.25) is 0 Å². The van der Waals surface area contributed by atoms with E-state index in [1.165, 1.54) is 0 Å². The van der Waals surface area contributed by atoms with Crippen LogP contribution in [0.2, 0.25) is 0 Å². The Bertz CT molecular complexity index is 279. The van der Waals surface area contributed by atoms with Gasteiger partial charge < -0.3 is 10.8 Å². The molecular weight excluding hydrogens is 138 g/mol. The summed E-state index contributed by atoms with van der Waals surface area (Å²) in [5, 5.41) is 9.17. The van der Waals surface area contributed by atoms with E-state index in [1.54, 1.807) is 12.1 Å². The quantitative estimate of drug-likeness (QED) is 0.474. The summed E-state index contributed by atoms with van der Waals surface area (Å²) < 4.78 is 0. The van der Waals surface area contributed by atoms with Crippen LogP contribution >= 0.6 is 0 Å². The van der Waals surface area contributed by atoms with E-state index in [2.05, 4.69) is 0 Å². The van der Waals surface area contributed by atoms with Crippen LogP contribution in [-0.2, 0) is 0 Å². The highest BCUT2D eigenvalue weighted by Crippen LogP contribution is 2.24. The fourth-order valence-electron chi connectivity index (χ4n) is 0.895. The van der Waals surface area contributed by atoms with Crippen LogP contribution in [0.1, 0.15) is 12.5 Å². The molecular formula is C9H11NO. The summed E-state index contributed by atoms with van der Waals surface area (Å²) in [5.41, 5.74) is 6.86. The van der Waals surface area contributed by atoms with Crippen molar-refractivity contribution in [2.75, 3.05) is 5.73 Å². The molecule has 1 aromatic carbocycles. The van der Waals surface area contributed by atoms with Gasteiger partial charge in [-0.2, -0.15) is 0 Å². The molecule has 2 nitrogen and oxygen atoms in total. The first-order valence-electron chi connectivity index (χ1n) is 3.46. The highest BCUT2D eigenvalue weighted by molar-refractivity contribution is 5.69. The number of para-hydroxylation sites is 1. The number of hydrogen-bond acceptors (Lipinski definition) is 2. The summed E-state index contributed by atoms with van der Waals surface area (Å²) in [5.74, 6) is 0.139. The van der Waals surface area contributed by atoms with Crippen molar-refractivity contribution in [3.63, 3.8) is 0 Å². The Hall–Kier alpha value is -1.44. The van der Waals surface area contributed by atoms with Gasteiger partial charge in [0.15, 0.2) is 0 Å². The molecule has 0 aliphatic heterocycles. The molecule has 1 rings (SSSR count). The molecule has 0 bridgehead atoms. The van der Waals surface area contributed by atoms with Gasteiger partial charge in [0.1, 0.15) is 5.75 Å². The van der Waals surface area contributed by atoms with Crippen molar-refractivity contribution in [2.24, 2.45) is 0 Å². The summed E-state index contributed by atoms with van der Waals surface area (Å²) in [6.07, 6.45) is 3.74. The van der Waals surface area contributed by atoms with Crippen LogP contribution in [0.5, 0.6) is 5.75 Å². The van der Waals surface area contributed by atoms with E-state index in [4.69, 9.17) is 10.8 Å². The third kappa shape index (κ3) is 1.52. The standard InChI is InChI=1S/C9H11NO/c1-2-4-7-5-3-6-8(11)9(7)10/h2-6,11H,10H2,1H3/b4-2-. The molecule has 0 amide bonds. The maximum atomic E-state index is 9.17. The van der Waals surface area contributed by atoms with Crippen LogP contribution in [-0.4, -0.2) is 5.11 Å². The minimum absolute atomic E-state index is 0.139. The highest BCUT2D eigenvalue weighted by atomic mass is 16.3. The molecule has 1 aromatic rings. The zero-order chi connectivity index (χ0) is 8.27. The summed E-state index contributed by atoms with van der Waals surface area (Å²) >= 11 is 0. The number of nitrogens with two attached hydrogens (primary N) is 1. The van der Waals surface area contributed by atoms with Crippen molar-refractivity contribution in [1.82, 2.24) is 0 Å². The van der Waals surface area contributed by atoms with Gasteiger partial charge in [-0.25, -0.2) is 0 Å². The number of benzene rings is 1. The molecule has 0 heterocycles. The van der Waals surface area contributed by atoms with E-state index in [9.17, 15) is 0 Å². The molecule has 0 atom stereocenters. The molecule has 2 heteroatoms. The summed E-state index contributed by atoms with van der Waals surface area (Å²) in [6, 6.07) is 5.19. The van der Waals surface area contributed by atoms with Crippen LogP contribution in [0.4, 0.5) is 5.69 Å². The molecule has 0 saturated heterocycles. The van der Waals surface area contributed by atoms with Crippen LogP contribution in [0, 0.1) is 0 Å². The van der Waals surface area contributed by atoms with Crippen molar-refractivity contribution >= 4 is 11.8 Å². The largest absolute Gasteiger partial charge is 0.506 e. The lowest BCUT2D eigenvalue weighted by Crippen LogP contribution is -1.88. The monoisotopic (exact) mass is 149 g/mol. The SMILES string of the molecule is C/C=C\c1cccc(O)c1N. The summed E-state index contributed by atoms with van der Waals surface area (Å²) in [7, 11) is 0. The van der Waals surface area contributed by atoms with Crippen molar-refractivity contribution < 1.29 is 5.11 Å². The zero-order valence-electron chi connectivity index (χ0n) is 6.41. The lowest BCUT2D eigenvalue weighted by molar-refractivity contribution is 0.478. The predicted molar refractivity (Wildman–Crippen MR) is 47.2 cm³/mol. The highest BCUT2D eigenvalue weighted by Gasteiger charge is 1.98. The second kappa shape index (κ2) is 3.10. The van der Waals surface area contributed by atoms with Gasteiger partial charge in [0.25, 0.3) is 0 Å². The number of hydrogen-bond donors (Lipinski definition) is 2. The van der Waals surface area contributed by atoms with Crippen molar-refractivity contribution in [1.29, 1.82) is 0 Å². The van der Waals surface area contributed by atoms with Gasteiger partial charge in [0, 0.05) is 5.56 Å². The number of aromatic hydroxyl groups is 1. The second-order valence-electron chi connectivity index (χ2n) is 2.28. The Morgan fingerprint density at radius 1 is 1.45 bits per heavy atom. The molecule has 0 aliphatic rings. The Morgan fingerprint density at radius 3 is 2.82 bits per heavy atom. The minimum atomic E-state index is 0.139. The molecule has 11 heavy (non-hydrogen) atoms. The Morgan fingerprint density at radius 2 is 2.18 bits per heavy atom. The lowest BCUT2D eigenvalue weighted by Gasteiger charge is -2.01. The van der Waals surface area contributed by atoms with Crippen LogP contribution in [0.25, 0.3) is 6.08 Å². The average Bonchev–Trinajstić information content (AvgIpc) is 1.99. The van der Waals surface area contributed by atoms with Crippen molar-refractivity contribution in [3.8, 4) is 5.75 Å². The van der Waals surface area contributed by atoms with Crippen molar-refractivity contribution in [2.45, 2.75) is 6.92 Å². The number of nitrogen functional groups attached to an aromatic ring is 1. The minimum Gasteiger partial charge on any atom is -0.506 e. The van der Waals surface area contributed by atoms with E-state index < -0.39 is 0 Å². The van der Waals surface area contributed by atoms with Gasteiger partial charge in [-0.1, -0.05) is 24.3 Å². The third-order valence-corrected chi connectivity index (χ3v) is 1.46. The van der Waals surface area contributed by atoms with E-state index >= 15 is 0 Å². The van der Waals surface area contributed by atoms with Crippen LogP contribution in [0.15, 0.2) is 24.3 Å². The summed E-state index contributed by atoms with van der Waals surface area (Å²) in [4.78, 5) is 0. The van der Waals surface area contributed by atoms with E-state index in [0.717, 1.165) is 5.56 Å². The molecule has 0 saturated carbocycles. The number of anilines is 1. The first kappa shape index (κ1) is 7.66. The molecule has 0 radical (unpaired) electrons. The molecule has 0 unspecified atom stereocenters. The van der Waals surface area contributed by atoms with Gasteiger partial charge in [-0.3, -0.25) is 0 Å². The van der Waals surface area contributed by atoms with Gasteiger partial charge >= 0.3 is 0 Å². The normalized spacial score (nSPS) is 10.6. The number of allylic oxidation sites excluding steroid dienone is 1. The molecule has 0 spiro atoms. The fourth-order valence-corrected chi connectivity index (χ4v) is 0.895. The van der Waals surface area contributed by atoms with Gasteiger partial charge in [0.05, 0.1) is 5.69 Å². The van der Waals surface area contributed by atoms with E-state index in [0.29, 0.717) is 5.69 Å².